The van der Waals surface area contributed by atoms with E-state index in [2.05, 4.69) is 16.9 Å². The first-order valence-corrected chi connectivity index (χ1v) is 14.6. The van der Waals surface area contributed by atoms with E-state index in [4.69, 9.17) is 4.74 Å². The fourth-order valence-corrected chi connectivity index (χ4v) is 6.62. The minimum absolute atomic E-state index is 0.120. The molecule has 35 heavy (non-hydrogen) atoms. The van der Waals surface area contributed by atoms with Crippen LogP contribution in [-0.4, -0.2) is 67.8 Å². The molecule has 1 amide bonds. The van der Waals surface area contributed by atoms with Gasteiger partial charge in [0.25, 0.3) is 0 Å². The third-order valence-corrected chi connectivity index (χ3v) is 9.25. The maximum Gasteiger partial charge on any atom is 0.410 e. The van der Waals surface area contributed by atoms with E-state index in [0.717, 1.165) is 61.6 Å². The van der Waals surface area contributed by atoms with Gasteiger partial charge >= 0.3 is 6.09 Å². The Morgan fingerprint density at radius 2 is 1.74 bits per heavy atom. The number of fused-ring (bicyclic) bond motifs is 2. The quantitative estimate of drug-likeness (QED) is 0.590. The fraction of sp³-hybridized carbons (Fsp3) is 0.556. The van der Waals surface area contributed by atoms with Gasteiger partial charge in [-0.25, -0.2) is 13.2 Å². The number of likely N-dealkylation sites (tertiary alicyclic amines) is 1. The van der Waals surface area contributed by atoms with Crippen LogP contribution in [0.2, 0.25) is 0 Å². The van der Waals surface area contributed by atoms with Gasteiger partial charge in [0.1, 0.15) is 6.10 Å². The normalized spacial score (nSPS) is 24.8. The lowest BCUT2D eigenvalue weighted by Crippen LogP contribution is -2.46. The van der Waals surface area contributed by atoms with E-state index >= 15 is 0 Å². The van der Waals surface area contributed by atoms with Crippen molar-refractivity contribution < 1.29 is 17.9 Å². The van der Waals surface area contributed by atoms with Crippen molar-refractivity contribution >= 4 is 15.9 Å². The number of hydrogen-bond donors (Lipinski definition) is 0. The first kappa shape index (κ1) is 24.3. The molecule has 1 aromatic heterocycles. The Bertz CT molecular complexity index is 1140. The zero-order valence-corrected chi connectivity index (χ0v) is 21.4. The van der Waals surface area contributed by atoms with E-state index in [1.165, 1.54) is 25.5 Å². The first-order valence-electron chi connectivity index (χ1n) is 12.7. The highest BCUT2D eigenvalue weighted by Crippen LogP contribution is 2.46. The Kier molecular flexibility index (Phi) is 6.86. The van der Waals surface area contributed by atoms with Crippen LogP contribution in [0, 0.1) is 11.8 Å². The van der Waals surface area contributed by atoms with Gasteiger partial charge in [-0.05, 0) is 81.2 Å². The van der Waals surface area contributed by atoms with Crippen LogP contribution >= 0.6 is 0 Å². The Balaban J connectivity index is 1.10. The summed E-state index contributed by atoms with van der Waals surface area (Å²) in [4.78, 5) is 21.8. The van der Waals surface area contributed by atoms with Gasteiger partial charge in [0, 0.05) is 43.7 Å². The van der Waals surface area contributed by atoms with Crippen molar-refractivity contribution in [2.75, 3.05) is 26.4 Å². The number of carbonyl (C=O) groups is 1. The Morgan fingerprint density at radius 1 is 1.03 bits per heavy atom. The number of sulfone groups is 1. The molecule has 0 N–H and O–H groups in total. The number of piperidine rings is 1. The van der Waals surface area contributed by atoms with Crippen LogP contribution in [0.3, 0.4) is 0 Å². The van der Waals surface area contributed by atoms with E-state index in [0.29, 0.717) is 16.9 Å². The molecule has 1 aromatic carbocycles. The molecular formula is C27H35N3O4S. The smallest absolute Gasteiger partial charge is 0.410 e. The van der Waals surface area contributed by atoms with Crippen molar-refractivity contribution in [3.05, 3.63) is 48.3 Å². The summed E-state index contributed by atoms with van der Waals surface area (Å²) in [6, 6.07) is 11.4. The molecule has 3 fully saturated rings. The summed E-state index contributed by atoms with van der Waals surface area (Å²) in [6.07, 6.45) is 9.80. The lowest BCUT2D eigenvalue weighted by molar-refractivity contribution is 0.0264. The van der Waals surface area contributed by atoms with Crippen molar-refractivity contribution in [1.29, 1.82) is 0 Å². The topological polar surface area (TPSA) is 79.8 Å². The van der Waals surface area contributed by atoms with Gasteiger partial charge in [-0.15, -0.1) is 0 Å². The number of ether oxygens (including phenoxy) is 1. The molecule has 0 unspecified atom stereocenters. The van der Waals surface area contributed by atoms with Crippen molar-refractivity contribution in [3.63, 3.8) is 0 Å². The molecule has 7 nitrogen and oxygen atoms in total. The van der Waals surface area contributed by atoms with Crippen LogP contribution in [0.25, 0.3) is 11.1 Å². The number of amides is 1. The van der Waals surface area contributed by atoms with Crippen molar-refractivity contribution in [1.82, 2.24) is 14.8 Å². The molecule has 2 heterocycles. The molecule has 2 saturated carbocycles. The van der Waals surface area contributed by atoms with Crippen molar-refractivity contribution in [3.8, 4) is 11.1 Å². The average molecular weight is 498 g/mol. The zero-order chi connectivity index (χ0) is 24.6. The number of benzene rings is 1. The molecule has 188 valence electrons. The summed E-state index contributed by atoms with van der Waals surface area (Å²) in [5.41, 5.74) is 2.88. The van der Waals surface area contributed by atoms with Crippen molar-refractivity contribution in [2.45, 2.75) is 62.1 Å². The Hall–Kier alpha value is -2.45. The number of hydrogen-bond acceptors (Lipinski definition) is 6. The summed E-state index contributed by atoms with van der Waals surface area (Å²) in [5.74, 6) is 1.37. The molecule has 1 aliphatic heterocycles. The number of aromatic nitrogens is 1. The molecule has 3 atom stereocenters. The van der Waals surface area contributed by atoms with Gasteiger partial charge < -0.3 is 9.64 Å². The van der Waals surface area contributed by atoms with Crippen LogP contribution in [0.1, 0.15) is 44.2 Å². The maximum atomic E-state index is 12.7. The summed E-state index contributed by atoms with van der Waals surface area (Å²) >= 11 is 0. The lowest BCUT2D eigenvalue weighted by Gasteiger charge is -2.37. The molecule has 8 heteroatoms. The van der Waals surface area contributed by atoms with Gasteiger partial charge in [0.2, 0.25) is 0 Å². The zero-order valence-electron chi connectivity index (χ0n) is 20.6. The predicted octanol–water partition coefficient (Wildman–Crippen LogP) is 4.37. The first-order chi connectivity index (χ1) is 16.8. The number of rotatable bonds is 6. The van der Waals surface area contributed by atoms with Crippen LogP contribution < -0.4 is 0 Å². The minimum atomic E-state index is -3.20. The predicted molar refractivity (Wildman–Crippen MR) is 135 cm³/mol. The second kappa shape index (κ2) is 9.90. The minimum Gasteiger partial charge on any atom is -0.446 e. The fourth-order valence-electron chi connectivity index (χ4n) is 5.99. The third kappa shape index (κ3) is 5.54. The van der Waals surface area contributed by atoms with Crippen LogP contribution in [0.5, 0.6) is 0 Å². The Labute approximate surface area is 208 Å². The maximum absolute atomic E-state index is 12.7. The molecular weight excluding hydrogens is 462 g/mol. The SMILES string of the molecule is CN(Cc1ccc(-c2ccc(S(C)(=O)=O)cc2)cn1)C1CCN(C(=O)O[C@@H]2C[C@H]3CC[C@H]2C3)CC1. The van der Waals surface area contributed by atoms with Crippen LogP contribution in [0.15, 0.2) is 47.5 Å². The van der Waals surface area contributed by atoms with E-state index in [1.54, 1.807) is 12.1 Å². The van der Waals surface area contributed by atoms with Gasteiger partial charge in [-0.1, -0.05) is 18.2 Å². The van der Waals surface area contributed by atoms with Crippen LogP contribution in [0.4, 0.5) is 4.79 Å². The summed E-state index contributed by atoms with van der Waals surface area (Å²) in [5, 5.41) is 0. The summed E-state index contributed by atoms with van der Waals surface area (Å²) in [6.45, 7) is 2.22. The molecule has 1 saturated heterocycles. The van der Waals surface area contributed by atoms with E-state index < -0.39 is 9.84 Å². The van der Waals surface area contributed by atoms with Gasteiger partial charge in [-0.2, -0.15) is 0 Å². The monoisotopic (exact) mass is 497 g/mol. The number of pyridine rings is 1. The number of nitrogens with zero attached hydrogens (tertiary/aromatic N) is 3. The van der Waals surface area contributed by atoms with Crippen LogP contribution in [-0.2, 0) is 21.1 Å². The molecule has 5 rings (SSSR count). The molecule has 3 aliphatic rings. The number of carbonyl (C=O) groups excluding carboxylic acids is 1. The van der Waals surface area contributed by atoms with Gasteiger partial charge in [-0.3, -0.25) is 9.88 Å². The summed E-state index contributed by atoms with van der Waals surface area (Å²) in [7, 11) is -1.08. The highest BCUT2D eigenvalue weighted by Gasteiger charge is 2.42. The average Bonchev–Trinajstić information content (AvgIpc) is 3.48. The second-order valence-corrected chi connectivity index (χ2v) is 12.6. The van der Waals surface area contributed by atoms with Gasteiger partial charge in [0.15, 0.2) is 9.84 Å². The van der Waals surface area contributed by atoms with Gasteiger partial charge in [0.05, 0.1) is 10.6 Å². The molecule has 2 aliphatic carbocycles. The molecule has 0 spiro atoms. The molecule has 0 radical (unpaired) electrons. The second-order valence-electron chi connectivity index (χ2n) is 10.6. The van der Waals surface area contributed by atoms with E-state index in [9.17, 15) is 13.2 Å². The summed E-state index contributed by atoms with van der Waals surface area (Å²) < 4.78 is 29.2. The molecule has 2 aromatic rings. The highest BCUT2D eigenvalue weighted by molar-refractivity contribution is 7.90. The standard InChI is InChI=1S/C27H35N3O4S/c1-29(18-23-8-5-22(17-28-23)20-6-9-25(10-7-20)35(2,32)33)24-11-13-30(14-12-24)27(31)34-26-16-19-3-4-21(26)15-19/h5-10,17,19,21,24,26H,3-4,11-16,18H2,1-2H3/t19-,21-,26+/m0/s1. The largest absolute Gasteiger partial charge is 0.446 e. The Morgan fingerprint density at radius 3 is 2.31 bits per heavy atom. The third-order valence-electron chi connectivity index (χ3n) is 8.12. The van der Waals surface area contributed by atoms with E-state index in [-0.39, 0.29) is 12.2 Å². The molecule has 2 bridgehead atoms. The van der Waals surface area contributed by atoms with Crippen molar-refractivity contribution in [2.24, 2.45) is 11.8 Å². The highest BCUT2D eigenvalue weighted by atomic mass is 32.2. The lowest BCUT2D eigenvalue weighted by atomic mass is 9.98. The van der Waals surface area contributed by atoms with E-state index in [1.807, 2.05) is 35.4 Å².